The molecule has 8 nitrogen and oxygen atoms in total. The molecule has 1 aromatic rings. The number of carbonyl (C=O) groups excluding carboxylic acids is 3. The largest absolute Gasteiger partial charge is 0.546 e. The zero-order valence-electron chi connectivity index (χ0n) is 14.5. The summed E-state index contributed by atoms with van der Waals surface area (Å²) in [4.78, 5) is 36.5. The second-order valence-electron chi connectivity index (χ2n) is 5.32. The van der Waals surface area contributed by atoms with Crippen molar-refractivity contribution < 1.29 is 29.0 Å². The standard InChI is InChI=1S/C18H18N2O6S/c1-3-7-20-17(24)12(16(23)19-18(20)27)8-11-5-6-13(26-10-15(21)22)14(9-11)25-4-2/h3,5-6,8-9H,1,4,7,10H2,2H3,(H,21,22)(H,19,23,27)/p-1/b12-8+. The quantitative estimate of drug-likeness (QED) is 0.289. The van der Waals surface area contributed by atoms with E-state index in [0.717, 1.165) is 0 Å². The lowest BCUT2D eigenvalue weighted by atomic mass is 10.1. The zero-order chi connectivity index (χ0) is 20.0. The van der Waals surface area contributed by atoms with E-state index >= 15 is 0 Å². The number of nitrogens with zero attached hydrogens (tertiary/aromatic N) is 1. The van der Waals surface area contributed by atoms with Crippen LogP contribution in [-0.4, -0.2) is 47.6 Å². The second-order valence-corrected chi connectivity index (χ2v) is 5.71. The molecule has 1 aliphatic rings. The Hall–Kier alpha value is -3.20. The summed E-state index contributed by atoms with van der Waals surface area (Å²) in [6.45, 7) is 5.15. The van der Waals surface area contributed by atoms with Gasteiger partial charge in [-0.05, 0) is 42.9 Å². The molecule has 27 heavy (non-hydrogen) atoms. The topological polar surface area (TPSA) is 108 Å². The molecule has 1 saturated heterocycles. The Kier molecular flexibility index (Phi) is 6.67. The maximum atomic E-state index is 12.5. The van der Waals surface area contributed by atoms with Crippen LogP contribution in [0.5, 0.6) is 11.5 Å². The Morgan fingerprint density at radius 2 is 2.07 bits per heavy atom. The fraction of sp³-hybridized carbons (Fsp3) is 0.222. The van der Waals surface area contributed by atoms with Crippen LogP contribution in [0.4, 0.5) is 0 Å². The van der Waals surface area contributed by atoms with Crippen molar-refractivity contribution in [3.63, 3.8) is 0 Å². The minimum atomic E-state index is -1.37. The first kappa shape index (κ1) is 20.1. The van der Waals surface area contributed by atoms with Crippen molar-refractivity contribution in [2.24, 2.45) is 0 Å². The smallest absolute Gasteiger partial charge is 0.265 e. The molecule has 0 aliphatic carbocycles. The van der Waals surface area contributed by atoms with E-state index in [1.54, 1.807) is 13.0 Å². The molecule has 0 radical (unpaired) electrons. The Morgan fingerprint density at radius 3 is 2.70 bits per heavy atom. The Balaban J connectivity index is 2.35. The molecule has 0 bridgehead atoms. The predicted molar refractivity (Wildman–Crippen MR) is 98.7 cm³/mol. The molecule has 1 aliphatic heterocycles. The van der Waals surface area contributed by atoms with Gasteiger partial charge in [-0.2, -0.15) is 0 Å². The summed E-state index contributed by atoms with van der Waals surface area (Å²) in [5.74, 6) is -2.04. The van der Waals surface area contributed by atoms with Crippen molar-refractivity contribution in [2.75, 3.05) is 19.8 Å². The maximum Gasteiger partial charge on any atom is 0.265 e. The molecule has 1 fully saturated rings. The third-order valence-electron chi connectivity index (χ3n) is 3.42. The van der Waals surface area contributed by atoms with E-state index in [1.165, 1.54) is 29.2 Å². The molecule has 0 atom stereocenters. The van der Waals surface area contributed by atoms with Gasteiger partial charge >= 0.3 is 0 Å². The fourth-order valence-corrected chi connectivity index (χ4v) is 2.54. The van der Waals surface area contributed by atoms with Crippen molar-refractivity contribution in [3.05, 3.63) is 42.0 Å². The second kappa shape index (κ2) is 8.95. The third-order valence-corrected chi connectivity index (χ3v) is 3.74. The molecule has 9 heteroatoms. The number of aliphatic carboxylic acids is 1. The number of rotatable bonds is 8. The minimum absolute atomic E-state index is 0.0167. The number of hydrogen-bond acceptors (Lipinski definition) is 7. The maximum absolute atomic E-state index is 12.5. The Bertz CT molecular complexity index is 833. The summed E-state index contributed by atoms with van der Waals surface area (Å²) in [7, 11) is 0. The molecule has 0 saturated carbocycles. The average Bonchev–Trinajstić information content (AvgIpc) is 2.61. The predicted octanol–water partition coefficient (Wildman–Crippen LogP) is 0.0267. The molecule has 2 amide bonds. The number of nitrogens with one attached hydrogen (secondary N) is 1. The van der Waals surface area contributed by atoms with Crippen molar-refractivity contribution in [1.29, 1.82) is 0 Å². The number of amides is 2. The molecule has 142 valence electrons. The van der Waals surface area contributed by atoms with Crippen LogP contribution in [0.25, 0.3) is 6.08 Å². The zero-order valence-corrected chi connectivity index (χ0v) is 15.3. The number of carboxylic acid groups (broad SMARTS) is 1. The molecular weight excluding hydrogens is 372 g/mol. The molecule has 1 N–H and O–H groups in total. The van der Waals surface area contributed by atoms with Crippen molar-refractivity contribution in [3.8, 4) is 11.5 Å². The third kappa shape index (κ3) is 4.91. The number of carboxylic acids is 1. The summed E-state index contributed by atoms with van der Waals surface area (Å²) < 4.78 is 10.5. The van der Waals surface area contributed by atoms with Gasteiger partial charge in [0.2, 0.25) is 0 Å². The van der Waals surface area contributed by atoms with Gasteiger partial charge in [0.15, 0.2) is 16.6 Å². The normalized spacial score (nSPS) is 15.5. The van der Waals surface area contributed by atoms with E-state index in [1.807, 2.05) is 0 Å². The van der Waals surface area contributed by atoms with Gasteiger partial charge in [-0.25, -0.2) is 0 Å². The number of hydrogen-bond donors (Lipinski definition) is 1. The van der Waals surface area contributed by atoms with Crippen molar-refractivity contribution in [1.82, 2.24) is 10.2 Å². The molecule has 1 aromatic carbocycles. The Labute approximate surface area is 161 Å². The number of benzene rings is 1. The van der Waals surface area contributed by atoms with E-state index in [4.69, 9.17) is 21.7 Å². The van der Waals surface area contributed by atoms with Crippen LogP contribution in [-0.2, 0) is 14.4 Å². The summed E-state index contributed by atoms with van der Waals surface area (Å²) in [6, 6.07) is 4.58. The van der Waals surface area contributed by atoms with Crippen molar-refractivity contribution in [2.45, 2.75) is 6.92 Å². The van der Waals surface area contributed by atoms with E-state index in [9.17, 15) is 19.5 Å². The van der Waals surface area contributed by atoms with E-state index < -0.39 is 24.4 Å². The molecule has 2 rings (SSSR count). The molecule has 1 heterocycles. The lowest BCUT2D eigenvalue weighted by Gasteiger charge is -2.27. The van der Waals surface area contributed by atoms with Crippen molar-refractivity contribution >= 4 is 41.2 Å². The van der Waals surface area contributed by atoms with Gasteiger partial charge in [0.25, 0.3) is 11.8 Å². The van der Waals surface area contributed by atoms with E-state index in [-0.39, 0.29) is 28.7 Å². The first-order valence-electron chi connectivity index (χ1n) is 7.96. The Morgan fingerprint density at radius 1 is 1.33 bits per heavy atom. The number of thiocarbonyl (C=S) groups is 1. The van der Waals surface area contributed by atoms with Crippen LogP contribution in [0.15, 0.2) is 36.4 Å². The van der Waals surface area contributed by atoms with Gasteiger partial charge in [0.05, 0.1) is 12.6 Å². The van der Waals surface area contributed by atoms with Gasteiger partial charge in [-0.3, -0.25) is 19.8 Å². The molecule has 0 aromatic heterocycles. The van der Waals surface area contributed by atoms with Crippen LogP contribution in [0.1, 0.15) is 12.5 Å². The highest BCUT2D eigenvalue weighted by molar-refractivity contribution is 7.80. The van der Waals surface area contributed by atoms with Gasteiger partial charge in [-0.1, -0.05) is 12.1 Å². The molecular formula is C18H17N2O6S-. The minimum Gasteiger partial charge on any atom is -0.546 e. The van der Waals surface area contributed by atoms with Crippen LogP contribution in [0.3, 0.4) is 0 Å². The van der Waals surface area contributed by atoms with Gasteiger partial charge in [-0.15, -0.1) is 6.58 Å². The number of carbonyl (C=O) groups is 3. The lowest BCUT2D eigenvalue weighted by Crippen LogP contribution is -2.53. The summed E-state index contributed by atoms with van der Waals surface area (Å²) in [5.41, 5.74) is 0.389. The first-order chi connectivity index (χ1) is 12.9. The van der Waals surface area contributed by atoms with Crippen LogP contribution >= 0.6 is 12.2 Å². The van der Waals surface area contributed by atoms with Crippen LogP contribution in [0.2, 0.25) is 0 Å². The number of ether oxygens (including phenoxy) is 2. The first-order valence-corrected chi connectivity index (χ1v) is 8.37. The van der Waals surface area contributed by atoms with E-state index in [2.05, 4.69) is 11.9 Å². The highest BCUT2D eigenvalue weighted by Crippen LogP contribution is 2.29. The van der Waals surface area contributed by atoms with Gasteiger partial charge < -0.3 is 19.4 Å². The fourth-order valence-electron chi connectivity index (χ4n) is 2.29. The highest BCUT2D eigenvalue weighted by atomic mass is 32.1. The summed E-state index contributed by atoms with van der Waals surface area (Å²) in [5, 5.41) is 13.0. The SMILES string of the molecule is C=CCN1C(=O)/C(=C/c2ccc(OCC(=O)[O-])c(OCC)c2)C(=O)NC1=S. The van der Waals surface area contributed by atoms with Gasteiger partial charge in [0, 0.05) is 6.54 Å². The lowest BCUT2D eigenvalue weighted by molar-refractivity contribution is -0.307. The van der Waals surface area contributed by atoms with Crippen LogP contribution < -0.4 is 19.9 Å². The monoisotopic (exact) mass is 389 g/mol. The van der Waals surface area contributed by atoms with Gasteiger partial charge in [0.1, 0.15) is 12.2 Å². The highest BCUT2D eigenvalue weighted by Gasteiger charge is 2.32. The molecule has 0 unspecified atom stereocenters. The molecule has 0 spiro atoms. The summed E-state index contributed by atoms with van der Waals surface area (Å²) >= 11 is 5.00. The van der Waals surface area contributed by atoms with Crippen LogP contribution in [0, 0.1) is 0 Å². The van der Waals surface area contributed by atoms with E-state index in [0.29, 0.717) is 12.2 Å². The summed E-state index contributed by atoms with van der Waals surface area (Å²) in [6.07, 6.45) is 2.89. The average molecular weight is 389 g/mol.